The van der Waals surface area contributed by atoms with E-state index >= 15 is 0 Å². The van der Waals surface area contributed by atoms with E-state index in [1.807, 2.05) is 19.3 Å². The van der Waals surface area contributed by atoms with Crippen molar-refractivity contribution in [2.24, 2.45) is 5.92 Å². The first kappa shape index (κ1) is 12.8. The van der Waals surface area contributed by atoms with Gasteiger partial charge < -0.3 is 10.3 Å². The Hall–Kier alpha value is -1.27. The van der Waals surface area contributed by atoms with Gasteiger partial charge in [0.2, 0.25) is 0 Å². The second-order valence-electron chi connectivity index (χ2n) is 4.85. The lowest BCUT2D eigenvalue weighted by molar-refractivity contribution is 0.445. The van der Waals surface area contributed by atoms with Gasteiger partial charge in [-0.15, -0.1) is 0 Å². The Morgan fingerprint density at radius 1 is 1.56 bits per heavy atom. The molecule has 1 aromatic heterocycles. The molecule has 0 fully saturated rings. The lowest BCUT2D eigenvalue weighted by Gasteiger charge is -2.24. The van der Waals surface area contributed by atoms with Crippen LogP contribution in [0.5, 0.6) is 0 Å². The van der Waals surface area contributed by atoms with Crippen LogP contribution in [0, 0.1) is 17.2 Å². The van der Waals surface area contributed by atoms with E-state index in [4.69, 9.17) is 5.26 Å². The molecule has 88 valence electrons. The van der Waals surface area contributed by atoms with Gasteiger partial charge in [0.05, 0.1) is 12.0 Å². The molecule has 0 saturated carbocycles. The summed E-state index contributed by atoms with van der Waals surface area (Å²) in [6, 6.07) is 4.40. The highest BCUT2D eigenvalue weighted by atomic mass is 14.9. The van der Waals surface area contributed by atoms with Crippen LogP contribution in [-0.4, -0.2) is 18.1 Å². The first-order valence-corrected chi connectivity index (χ1v) is 5.83. The molecule has 0 saturated heterocycles. The number of rotatable bonds is 6. The summed E-state index contributed by atoms with van der Waals surface area (Å²) in [5.41, 5.74) is 1.40. The second-order valence-corrected chi connectivity index (χ2v) is 4.85. The maximum atomic E-state index is 8.84. The minimum atomic E-state index is 0.105. The Morgan fingerprint density at radius 3 is 2.81 bits per heavy atom. The molecule has 0 bridgehead atoms. The van der Waals surface area contributed by atoms with Crippen molar-refractivity contribution in [3.8, 4) is 6.07 Å². The van der Waals surface area contributed by atoms with Gasteiger partial charge in [0, 0.05) is 30.9 Å². The number of hydrogen-bond donors (Lipinski definition) is 2. The number of aromatic amines is 1. The highest BCUT2D eigenvalue weighted by Gasteiger charge is 2.20. The van der Waals surface area contributed by atoms with Gasteiger partial charge in [-0.05, 0) is 18.1 Å². The zero-order valence-corrected chi connectivity index (χ0v) is 10.4. The third kappa shape index (κ3) is 3.39. The van der Waals surface area contributed by atoms with Crippen LogP contribution in [-0.2, 0) is 5.41 Å². The van der Waals surface area contributed by atoms with Crippen LogP contribution in [0.25, 0.3) is 0 Å². The Bertz CT molecular complexity index is 333. The predicted octanol–water partition coefficient (Wildman–Crippen LogP) is 2.43. The first-order chi connectivity index (χ1) is 7.60. The van der Waals surface area contributed by atoms with E-state index in [-0.39, 0.29) is 11.3 Å². The fourth-order valence-corrected chi connectivity index (χ4v) is 1.69. The number of hydrogen-bond acceptors (Lipinski definition) is 2. The quantitative estimate of drug-likeness (QED) is 0.772. The summed E-state index contributed by atoms with van der Waals surface area (Å²) in [5, 5.41) is 12.2. The van der Waals surface area contributed by atoms with Gasteiger partial charge in [0.25, 0.3) is 0 Å². The molecular formula is C13H21N3. The molecule has 1 unspecified atom stereocenters. The fourth-order valence-electron chi connectivity index (χ4n) is 1.69. The molecule has 2 N–H and O–H groups in total. The number of aromatic nitrogens is 1. The summed E-state index contributed by atoms with van der Waals surface area (Å²) in [7, 11) is 0. The lowest BCUT2D eigenvalue weighted by Crippen LogP contribution is -2.35. The van der Waals surface area contributed by atoms with Gasteiger partial charge in [-0.3, -0.25) is 0 Å². The van der Waals surface area contributed by atoms with Crippen molar-refractivity contribution in [1.82, 2.24) is 10.3 Å². The van der Waals surface area contributed by atoms with Crippen LogP contribution in [0.4, 0.5) is 0 Å². The van der Waals surface area contributed by atoms with Crippen molar-refractivity contribution >= 4 is 0 Å². The van der Waals surface area contributed by atoms with Gasteiger partial charge in [-0.25, -0.2) is 0 Å². The minimum absolute atomic E-state index is 0.105. The molecule has 1 atom stereocenters. The fraction of sp³-hybridized carbons (Fsp3) is 0.615. The van der Waals surface area contributed by atoms with Crippen LogP contribution in [0.1, 0.15) is 32.8 Å². The normalized spacial score (nSPS) is 13.4. The molecular weight excluding hydrogens is 198 g/mol. The van der Waals surface area contributed by atoms with Crippen LogP contribution in [0.3, 0.4) is 0 Å². The van der Waals surface area contributed by atoms with E-state index < -0.39 is 0 Å². The minimum Gasteiger partial charge on any atom is -0.367 e. The molecule has 0 spiro atoms. The number of nitrogens with zero attached hydrogens (tertiary/aromatic N) is 1. The van der Waals surface area contributed by atoms with Crippen LogP contribution < -0.4 is 5.32 Å². The molecule has 16 heavy (non-hydrogen) atoms. The van der Waals surface area contributed by atoms with Gasteiger partial charge in [0.1, 0.15) is 0 Å². The van der Waals surface area contributed by atoms with E-state index in [2.05, 4.69) is 36.3 Å². The zero-order chi connectivity index (χ0) is 12.0. The van der Waals surface area contributed by atoms with E-state index in [0.717, 1.165) is 19.5 Å². The van der Waals surface area contributed by atoms with E-state index in [0.29, 0.717) is 0 Å². The van der Waals surface area contributed by atoms with Gasteiger partial charge in [-0.1, -0.05) is 20.8 Å². The van der Waals surface area contributed by atoms with Crippen LogP contribution >= 0.6 is 0 Å². The molecule has 0 aliphatic rings. The maximum Gasteiger partial charge on any atom is 0.0669 e. The Labute approximate surface area is 97.9 Å². The molecule has 0 aromatic carbocycles. The molecule has 1 rings (SSSR count). The molecule has 1 heterocycles. The standard InChI is InChI=1S/C13H21N3/c1-4-11(7-14)8-16-10-13(2,3)12-5-6-15-9-12/h5-6,9,11,15-16H,4,8,10H2,1-3H3. The third-order valence-electron chi connectivity index (χ3n) is 3.01. The molecule has 3 nitrogen and oxygen atoms in total. The van der Waals surface area contributed by atoms with Crippen LogP contribution in [0.2, 0.25) is 0 Å². The van der Waals surface area contributed by atoms with Gasteiger partial charge in [-0.2, -0.15) is 5.26 Å². The van der Waals surface area contributed by atoms with E-state index in [1.165, 1.54) is 5.56 Å². The third-order valence-corrected chi connectivity index (χ3v) is 3.01. The van der Waals surface area contributed by atoms with E-state index in [1.54, 1.807) is 0 Å². The van der Waals surface area contributed by atoms with Crippen molar-refractivity contribution in [3.05, 3.63) is 24.0 Å². The molecule has 1 aromatic rings. The Balaban J connectivity index is 2.41. The van der Waals surface area contributed by atoms with Crippen LogP contribution in [0.15, 0.2) is 18.5 Å². The summed E-state index contributed by atoms with van der Waals surface area (Å²) < 4.78 is 0. The summed E-state index contributed by atoms with van der Waals surface area (Å²) in [6.07, 6.45) is 4.89. The number of H-pyrrole nitrogens is 1. The maximum absolute atomic E-state index is 8.84. The number of nitrogens with one attached hydrogen (secondary N) is 2. The number of nitriles is 1. The lowest BCUT2D eigenvalue weighted by atomic mass is 9.86. The summed E-state index contributed by atoms with van der Waals surface area (Å²) in [4.78, 5) is 3.08. The molecule has 0 amide bonds. The molecule has 0 aliphatic carbocycles. The summed E-state index contributed by atoms with van der Waals surface area (Å²) in [5.74, 6) is 0.127. The van der Waals surface area contributed by atoms with Crippen molar-refractivity contribution in [1.29, 1.82) is 5.26 Å². The molecule has 0 aliphatic heterocycles. The predicted molar refractivity (Wildman–Crippen MR) is 66.1 cm³/mol. The van der Waals surface area contributed by atoms with Crippen molar-refractivity contribution in [2.75, 3.05) is 13.1 Å². The zero-order valence-electron chi connectivity index (χ0n) is 10.4. The smallest absolute Gasteiger partial charge is 0.0669 e. The molecule has 0 radical (unpaired) electrons. The summed E-state index contributed by atoms with van der Waals surface area (Å²) in [6.45, 7) is 8.13. The largest absolute Gasteiger partial charge is 0.367 e. The Kier molecular flexibility index (Phi) is 4.57. The average molecular weight is 219 g/mol. The SMILES string of the molecule is CCC(C#N)CNCC(C)(C)c1cc[nH]c1. The van der Waals surface area contributed by atoms with Crippen molar-refractivity contribution in [2.45, 2.75) is 32.6 Å². The van der Waals surface area contributed by atoms with Gasteiger partial charge in [0.15, 0.2) is 0 Å². The first-order valence-electron chi connectivity index (χ1n) is 5.83. The monoisotopic (exact) mass is 219 g/mol. The molecule has 3 heteroatoms. The average Bonchev–Trinajstić information content (AvgIpc) is 2.78. The highest BCUT2D eigenvalue weighted by molar-refractivity contribution is 5.20. The highest BCUT2D eigenvalue weighted by Crippen LogP contribution is 2.21. The van der Waals surface area contributed by atoms with E-state index in [9.17, 15) is 0 Å². The topological polar surface area (TPSA) is 51.6 Å². The van der Waals surface area contributed by atoms with Crippen molar-refractivity contribution < 1.29 is 0 Å². The van der Waals surface area contributed by atoms with Crippen molar-refractivity contribution in [3.63, 3.8) is 0 Å². The van der Waals surface area contributed by atoms with Gasteiger partial charge >= 0.3 is 0 Å². The Morgan fingerprint density at radius 2 is 2.31 bits per heavy atom. The summed E-state index contributed by atoms with van der Waals surface area (Å²) >= 11 is 0. The second kappa shape index (κ2) is 5.72.